The summed E-state index contributed by atoms with van der Waals surface area (Å²) in [5.41, 5.74) is 0. The van der Waals surface area contributed by atoms with Gasteiger partial charge in [0, 0.05) is 19.0 Å². The molecule has 1 saturated heterocycles. The Hall–Kier alpha value is -1.75. The monoisotopic (exact) mass is 334 g/mol. The maximum atomic E-state index is 12.0. The molecule has 0 aromatic heterocycles. The van der Waals surface area contributed by atoms with Crippen molar-refractivity contribution in [1.82, 2.24) is 10.2 Å². The molecule has 1 aliphatic heterocycles. The first kappa shape index (κ1) is 18.6. The van der Waals surface area contributed by atoms with Crippen LogP contribution in [0.1, 0.15) is 39.0 Å². The summed E-state index contributed by atoms with van der Waals surface area (Å²) in [6, 6.07) is 8.10. The van der Waals surface area contributed by atoms with Gasteiger partial charge in [-0.15, -0.1) is 0 Å². The van der Waals surface area contributed by atoms with Crippen molar-refractivity contribution in [3.63, 3.8) is 0 Å². The second-order valence-electron chi connectivity index (χ2n) is 6.22. The number of carbonyl (C=O) groups is 1. The number of hydrogen-bond donors (Lipinski definition) is 1. The minimum absolute atomic E-state index is 0.105. The largest absolute Gasteiger partial charge is 0.497 e. The van der Waals surface area contributed by atoms with Gasteiger partial charge in [0.25, 0.3) is 0 Å². The fourth-order valence-electron chi connectivity index (χ4n) is 3.18. The van der Waals surface area contributed by atoms with Gasteiger partial charge < -0.3 is 14.8 Å². The van der Waals surface area contributed by atoms with Gasteiger partial charge in [-0.25, -0.2) is 0 Å². The lowest BCUT2D eigenvalue weighted by Gasteiger charge is -2.35. The number of ether oxygens (including phenoxy) is 2. The molecule has 1 aromatic carbocycles. The predicted molar refractivity (Wildman–Crippen MR) is 95.6 cm³/mol. The number of benzene rings is 1. The van der Waals surface area contributed by atoms with Crippen molar-refractivity contribution in [3.05, 3.63) is 24.3 Å². The van der Waals surface area contributed by atoms with E-state index in [2.05, 4.69) is 17.1 Å². The Bertz CT molecular complexity index is 490. The number of likely N-dealkylation sites (tertiary alicyclic amines) is 1. The number of carbonyl (C=O) groups excluding carboxylic acids is 1. The van der Waals surface area contributed by atoms with E-state index in [1.165, 1.54) is 25.7 Å². The molecule has 1 aromatic rings. The number of hydrogen-bond acceptors (Lipinski definition) is 4. The number of piperidine rings is 1. The molecule has 1 fully saturated rings. The fourth-order valence-corrected chi connectivity index (χ4v) is 3.18. The van der Waals surface area contributed by atoms with E-state index >= 15 is 0 Å². The first-order chi connectivity index (χ1) is 11.7. The van der Waals surface area contributed by atoms with Crippen LogP contribution in [0, 0.1) is 0 Å². The van der Waals surface area contributed by atoms with E-state index in [9.17, 15) is 4.79 Å². The average Bonchev–Trinajstić information content (AvgIpc) is 2.64. The number of nitrogens with zero attached hydrogens (tertiary/aromatic N) is 1. The third kappa shape index (κ3) is 6.04. The molecule has 0 saturated carbocycles. The summed E-state index contributed by atoms with van der Waals surface area (Å²) >= 11 is 0. The Morgan fingerprint density at radius 3 is 2.71 bits per heavy atom. The standard InChI is InChI=1S/C19H30N2O3/c1-3-16-6-4-5-13-21(16)14-11-19(22)20-12-15-24-18-9-7-17(23-2)8-10-18/h7-10,16H,3-6,11-15H2,1-2H3,(H,20,22). The second kappa shape index (κ2) is 10.2. The highest BCUT2D eigenvalue weighted by Crippen LogP contribution is 2.19. The van der Waals surface area contributed by atoms with Crippen LogP contribution in [0.3, 0.4) is 0 Å². The van der Waals surface area contributed by atoms with Gasteiger partial charge in [-0.1, -0.05) is 13.3 Å². The van der Waals surface area contributed by atoms with Crippen LogP contribution in [-0.4, -0.2) is 50.2 Å². The van der Waals surface area contributed by atoms with E-state index in [4.69, 9.17) is 9.47 Å². The molecule has 1 heterocycles. The van der Waals surface area contributed by atoms with Crippen molar-refractivity contribution >= 4 is 5.91 Å². The molecule has 1 unspecified atom stereocenters. The smallest absolute Gasteiger partial charge is 0.221 e. The second-order valence-corrected chi connectivity index (χ2v) is 6.22. The van der Waals surface area contributed by atoms with Crippen LogP contribution in [0.2, 0.25) is 0 Å². The minimum atomic E-state index is 0.105. The lowest BCUT2D eigenvalue weighted by Crippen LogP contribution is -2.41. The molecule has 24 heavy (non-hydrogen) atoms. The van der Waals surface area contributed by atoms with Gasteiger partial charge in [-0.3, -0.25) is 9.69 Å². The van der Waals surface area contributed by atoms with Crippen molar-refractivity contribution in [2.24, 2.45) is 0 Å². The van der Waals surface area contributed by atoms with E-state index in [1.54, 1.807) is 7.11 Å². The number of rotatable bonds is 9. The summed E-state index contributed by atoms with van der Waals surface area (Å²) in [5, 5.41) is 2.93. The molecule has 5 heteroatoms. The minimum Gasteiger partial charge on any atom is -0.497 e. The Balaban J connectivity index is 1.59. The van der Waals surface area contributed by atoms with E-state index in [-0.39, 0.29) is 5.91 Å². The molecule has 0 aliphatic carbocycles. The molecule has 0 radical (unpaired) electrons. The highest BCUT2D eigenvalue weighted by molar-refractivity contribution is 5.76. The molecule has 0 spiro atoms. The van der Waals surface area contributed by atoms with Crippen LogP contribution in [-0.2, 0) is 4.79 Å². The molecule has 1 atom stereocenters. The van der Waals surface area contributed by atoms with Gasteiger partial charge in [0.2, 0.25) is 5.91 Å². The summed E-state index contributed by atoms with van der Waals surface area (Å²) < 4.78 is 10.7. The molecule has 2 rings (SSSR count). The van der Waals surface area contributed by atoms with Crippen molar-refractivity contribution in [1.29, 1.82) is 0 Å². The van der Waals surface area contributed by atoms with Crippen molar-refractivity contribution in [2.75, 3.05) is 33.4 Å². The third-order valence-corrected chi connectivity index (χ3v) is 4.60. The third-order valence-electron chi connectivity index (χ3n) is 4.60. The highest BCUT2D eigenvalue weighted by Gasteiger charge is 2.20. The normalized spacial score (nSPS) is 18.2. The zero-order valence-electron chi connectivity index (χ0n) is 14.9. The summed E-state index contributed by atoms with van der Waals surface area (Å²) in [5.74, 6) is 1.69. The highest BCUT2D eigenvalue weighted by atomic mass is 16.5. The SMILES string of the molecule is CCC1CCCCN1CCC(=O)NCCOc1ccc(OC)cc1. The van der Waals surface area contributed by atoms with Crippen LogP contribution in [0.5, 0.6) is 11.5 Å². The van der Waals surface area contributed by atoms with Crippen molar-refractivity contribution in [3.8, 4) is 11.5 Å². The van der Waals surface area contributed by atoms with Gasteiger partial charge >= 0.3 is 0 Å². The van der Waals surface area contributed by atoms with Crippen LogP contribution < -0.4 is 14.8 Å². The average molecular weight is 334 g/mol. The molecule has 5 nitrogen and oxygen atoms in total. The topological polar surface area (TPSA) is 50.8 Å². The van der Waals surface area contributed by atoms with Crippen LogP contribution in [0.25, 0.3) is 0 Å². The number of nitrogens with one attached hydrogen (secondary N) is 1. The van der Waals surface area contributed by atoms with E-state index < -0.39 is 0 Å². The Labute approximate surface area is 145 Å². The van der Waals surface area contributed by atoms with Gasteiger partial charge in [0.15, 0.2) is 0 Å². The van der Waals surface area contributed by atoms with Crippen LogP contribution >= 0.6 is 0 Å². The molecule has 1 N–H and O–H groups in total. The molecule has 0 bridgehead atoms. The van der Waals surface area contributed by atoms with Gasteiger partial charge in [-0.2, -0.15) is 0 Å². The van der Waals surface area contributed by atoms with Gasteiger partial charge in [0.1, 0.15) is 18.1 Å². The molecular weight excluding hydrogens is 304 g/mol. The predicted octanol–water partition coefficient (Wildman–Crippen LogP) is 2.84. The number of amides is 1. The Morgan fingerprint density at radius 2 is 2.00 bits per heavy atom. The quantitative estimate of drug-likeness (QED) is 0.706. The maximum absolute atomic E-state index is 12.0. The molecular formula is C19H30N2O3. The molecule has 134 valence electrons. The van der Waals surface area contributed by atoms with Crippen LogP contribution in [0.15, 0.2) is 24.3 Å². The first-order valence-corrected chi connectivity index (χ1v) is 9.00. The zero-order valence-corrected chi connectivity index (χ0v) is 14.9. The lowest BCUT2D eigenvalue weighted by molar-refractivity contribution is -0.121. The zero-order chi connectivity index (χ0) is 17.2. The Morgan fingerprint density at radius 1 is 1.25 bits per heavy atom. The van der Waals surface area contributed by atoms with Gasteiger partial charge in [0.05, 0.1) is 13.7 Å². The van der Waals surface area contributed by atoms with E-state index in [1.807, 2.05) is 24.3 Å². The number of methoxy groups -OCH3 is 1. The summed E-state index contributed by atoms with van der Waals surface area (Å²) in [6.45, 7) is 5.23. The first-order valence-electron chi connectivity index (χ1n) is 9.00. The van der Waals surface area contributed by atoms with E-state index in [0.717, 1.165) is 24.6 Å². The fraction of sp³-hybridized carbons (Fsp3) is 0.632. The molecule has 1 aliphatic rings. The van der Waals surface area contributed by atoms with Gasteiger partial charge in [-0.05, 0) is 50.1 Å². The van der Waals surface area contributed by atoms with Crippen molar-refractivity contribution in [2.45, 2.75) is 45.1 Å². The lowest BCUT2D eigenvalue weighted by atomic mass is 10.00. The van der Waals surface area contributed by atoms with Crippen molar-refractivity contribution < 1.29 is 14.3 Å². The summed E-state index contributed by atoms with van der Waals surface area (Å²) in [4.78, 5) is 14.4. The maximum Gasteiger partial charge on any atom is 0.221 e. The summed E-state index contributed by atoms with van der Waals surface area (Å²) in [7, 11) is 1.64. The summed E-state index contributed by atoms with van der Waals surface area (Å²) in [6.07, 6.45) is 5.60. The van der Waals surface area contributed by atoms with Crippen LogP contribution in [0.4, 0.5) is 0 Å². The van der Waals surface area contributed by atoms with E-state index in [0.29, 0.717) is 25.6 Å². The Kier molecular flexibility index (Phi) is 7.89. The molecule has 1 amide bonds.